The molecular weight excluding hydrogens is 486 g/mol. The molecule has 2 aromatic heterocycles. The molecule has 2 amide bonds. The second kappa shape index (κ2) is 9.33. The van der Waals surface area contributed by atoms with E-state index in [0.29, 0.717) is 29.2 Å². The van der Waals surface area contributed by atoms with Crippen LogP contribution in [0.2, 0.25) is 5.02 Å². The van der Waals surface area contributed by atoms with Crippen molar-refractivity contribution in [2.24, 2.45) is 0 Å². The van der Waals surface area contributed by atoms with E-state index in [1.165, 1.54) is 4.88 Å². The van der Waals surface area contributed by atoms with Crippen molar-refractivity contribution in [2.45, 2.75) is 26.7 Å². The number of carbonyl (C=O) groups is 2. The van der Waals surface area contributed by atoms with Crippen LogP contribution in [0.3, 0.4) is 0 Å². The summed E-state index contributed by atoms with van der Waals surface area (Å²) < 4.78 is 0. The summed E-state index contributed by atoms with van der Waals surface area (Å²) in [4.78, 5) is 34.9. The fraction of sp³-hybridized carbons (Fsp3) is 0.192. The molecule has 0 saturated carbocycles. The van der Waals surface area contributed by atoms with Crippen molar-refractivity contribution in [3.63, 3.8) is 0 Å². The van der Waals surface area contributed by atoms with Crippen molar-refractivity contribution in [3.8, 4) is 11.3 Å². The lowest BCUT2D eigenvalue weighted by Gasteiger charge is -2.23. The van der Waals surface area contributed by atoms with E-state index >= 15 is 0 Å². The Bertz CT molecular complexity index is 1410. The first kappa shape index (κ1) is 22.8. The minimum absolute atomic E-state index is 0.118. The van der Waals surface area contributed by atoms with Crippen LogP contribution in [0.15, 0.2) is 53.9 Å². The van der Waals surface area contributed by atoms with Crippen LogP contribution in [0.5, 0.6) is 0 Å². The Labute approximate surface area is 211 Å². The number of benzene rings is 2. The molecule has 5 rings (SSSR count). The van der Waals surface area contributed by atoms with Gasteiger partial charge in [-0.05, 0) is 55.1 Å². The summed E-state index contributed by atoms with van der Waals surface area (Å²) in [6, 6.07) is 14.9. The number of hydrogen-bond acceptors (Lipinski definition) is 5. The average Bonchev–Trinajstić information content (AvgIpc) is 3.34. The fourth-order valence-electron chi connectivity index (χ4n) is 4.19. The summed E-state index contributed by atoms with van der Waals surface area (Å²) >= 11 is 9.84. The molecule has 0 fully saturated rings. The number of anilines is 2. The standard InChI is InChI=1S/C26H22ClN3O2S2/c1-15-17(10-12-33-15)13-24(31)29-18-7-8-19(21(27)14-18)26(32)30-11-9-23-25(28-16(2)34-23)20-5-3-4-6-22(20)30/h3-8,10,12,14H,9,11,13H2,1-2H3,(H,29,31). The molecule has 3 heterocycles. The number of carbonyl (C=O) groups excluding carboxylic acids is 2. The van der Waals surface area contributed by atoms with Gasteiger partial charge in [-0.15, -0.1) is 22.7 Å². The van der Waals surface area contributed by atoms with Crippen molar-refractivity contribution in [1.29, 1.82) is 0 Å². The number of aromatic nitrogens is 1. The highest BCUT2D eigenvalue weighted by molar-refractivity contribution is 7.12. The molecule has 8 heteroatoms. The summed E-state index contributed by atoms with van der Waals surface area (Å²) in [6.07, 6.45) is 1.03. The van der Waals surface area contributed by atoms with E-state index in [1.54, 1.807) is 45.8 Å². The number of rotatable bonds is 4. The van der Waals surface area contributed by atoms with Crippen LogP contribution in [0.25, 0.3) is 11.3 Å². The topological polar surface area (TPSA) is 62.3 Å². The second-order valence-electron chi connectivity index (χ2n) is 8.15. The zero-order valence-corrected chi connectivity index (χ0v) is 21.1. The predicted octanol–water partition coefficient (Wildman–Crippen LogP) is 6.53. The normalized spacial score (nSPS) is 12.6. The molecule has 4 aromatic rings. The molecule has 34 heavy (non-hydrogen) atoms. The number of amides is 2. The molecule has 5 nitrogen and oxygen atoms in total. The van der Waals surface area contributed by atoms with Gasteiger partial charge in [-0.25, -0.2) is 4.98 Å². The molecule has 2 aromatic carbocycles. The third-order valence-corrected chi connectivity index (χ3v) is 8.09. The van der Waals surface area contributed by atoms with Gasteiger partial charge >= 0.3 is 0 Å². The van der Waals surface area contributed by atoms with E-state index in [9.17, 15) is 9.59 Å². The lowest BCUT2D eigenvalue weighted by Crippen LogP contribution is -2.32. The number of halogens is 1. The smallest absolute Gasteiger partial charge is 0.259 e. The Morgan fingerprint density at radius 3 is 2.74 bits per heavy atom. The van der Waals surface area contributed by atoms with Gasteiger partial charge in [0.15, 0.2) is 0 Å². The summed E-state index contributed by atoms with van der Waals surface area (Å²) in [5, 5.41) is 6.19. The monoisotopic (exact) mass is 507 g/mol. The zero-order valence-electron chi connectivity index (χ0n) is 18.7. The average molecular weight is 508 g/mol. The molecule has 0 saturated heterocycles. The van der Waals surface area contributed by atoms with Gasteiger partial charge in [0.25, 0.3) is 5.91 Å². The molecule has 0 radical (unpaired) electrons. The van der Waals surface area contributed by atoms with Crippen LogP contribution in [0, 0.1) is 13.8 Å². The minimum atomic E-state index is -0.170. The Hall–Kier alpha value is -3.00. The van der Waals surface area contributed by atoms with Crippen molar-refractivity contribution in [2.75, 3.05) is 16.8 Å². The van der Waals surface area contributed by atoms with Crippen LogP contribution in [0.1, 0.15) is 30.7 Å². The highest BCUT2D eigenvalue weighted by Gasteiger charge is 2.28. The maximum atomic E-state index is 13.6. The number of nitrogens with zero attached hydrogens (tertiary/aromatic N) is 2. The van der Waals surface area contributed by atoms with Gasteiger partial charge in [0, 0.05) is 34.0 Å². The molecule has 1 aliphatic rings. The van der Waals surface area contributed by atoms with Crippen LogP contribution in [-0.2, 0) is 17.6 Å². The second-order valence-corrected chi connectivity index (χ2v) is 11.0. The van der Waals surface area contributed by atoms with Crippen molar-refractivity contribution in [3.05, 3.63) is 84.8 Å². The first-order valence-electron chi connectivity index (χ1n) is 10.9. The minimum Gasteiger partial charge on any atom is -0.326 e. The first-order chi connectivity index (χ1) is 16.4. The lowest BCUT2D eigenvalue weighted by molar-refractivity contribution is -0.115. The largest absolute Gasteiger partial charge is 0.326 e. The summed E-state index contributed by atoms with van der Waals surface area (Å²) in [6.45, 7) is 4.55. The third kappa shape index (κ3) is 4.39. The summed E-state index contributed by atoms with van der Waals surface area (Å²) in [5.41, 5.74) is 4.72. The molecule has 0 unspecified atom stereocenters. The van der Waals surface area contributed by atoms with Crippen LogP contribution in [0.4, 0.5) is 11.4 Å². The Morgan fingerprint density at radius 1 is 1.15 bits per heavy atom. The molecule has 0 atom stereocenters. The zero-order chi connectivity index (χ0) is 23.8. The van der Waals surface area contributed by atoms with E-state index < -0.39 is 0 Å². The third-order valence-electron chi connectivity index (χ3n) is 5.86. The van der Waals surface area contributed by atoms with Gasteiger partial charge in [0.1, 0.15) is 0 Å². The fourth-order valence-corrected chi connectivity index (χ4v) is 6.12. The van der Waals surface area contributed by atoms with Gasteiger partial charge in [0.05, 0.1) is 33.4 Å². The Kier molecular flexibility index (Phi) is 6.25. The number of aryl methyl sites for hydroxylation is 2. The Balaban J connectivity index is 1.38. The maximum absolute atomic E-state index is 13.6. The number of nitrogens with one attached hydrogen (secondary N) is 1. The van der Waals surface area contributed by atoms with E-state index in [1.807, 2.05) is 49.6 Å². The van der Waals surface area contributed by atoms with Gasteiger partial charge in [0.2, 0.25) is 5.91 Å². The van der Waals surface area contributed by atoms with Gasteiger partial charge in [-0.2, -0.15) is 0 Å². The summed E-state index contributed by atoms with van der Waals surface area (Å²) in [7, 11) is 0. The SMILES string of the molecule is Cc1nc2c(s1)CCN(C(=O)c1ccc(NC(=O)Cc3ccsc3C)cc1Cl)c1ccccc1-2. The molecule has 0 aliphatic carbocycles. The number of thiophene rings is 1. The van der Waals surface area contributed by atoms with Crippen molar-refractivity contribution >= 4 is 57.5 Å². The summed E-state index contributed by atoms with van der Waals surface area (Å²) in [5.74, 6) is -0.289. The van der Waals surface area contributed by atoms with E-state index in [4.69, 9.17) is 16.6 Å². The van der Waals surface area contributed by atoms with E-state index in [-0.39, 0.29) is 11.8 Å². The number of thiazole rings is 1. The maximum Gasteiger partial charge on any atom is 0.259 e. The first-order valence-corrected chi connectivity index (χ1v) is 13.0. The highest BCUT2D eigenvalue weighted by Crippen LogP contribution is 2.39. The predicted molar refractivity (Wildman–Crippen MR) is 141 cm³/mol. The van der Waals surface area contributed by atoms with Crippen LogP contribution in [-0.4, -0.2) is 23.3 Å². The van der Waals surface area contributed by atoms with Crippen molar-refractivity contribution in [1.82, 2.24) is 4.98 Å². The number of fused-ring (bicyclic) bond motifs is 3. The molecule has 1 aliphatic heterocycles. The van der Waals surface area contributed by atoms with E-state index in [0.717, 1.165) is 38.8 Å². The number of para-hydroxylation sites is 1. The lowest BCUT2D eigenvalue weighted by atomic mass is 10.1. The van der Waals surface area contributed by atoms with Gasteiger partial charge in [-0.3, -0.25) is 9.59 Å². The molecule has 0 bridgehead atoms. The Morgan fingerprint density at radius 2 is 1.97 bits per heavy atom. The quantitative estimate of drug-likeness (QED) is 0.341. The van der Waals surface area contributed by atoms with Crippen molar-refractivity contribution < 1.29 is 9.59 Å². The molecule has 1 N–H and O–H groups in total. The number of hydrogen-bond donors (Lipinski definition) is 1. The molecule has 0 spiro atoms. The molecule has 172 valence electrons. The van der Waals surface area contributed by atoms with E-state index in [2.05, 4.69) is 5.32 Å². The highest BCUT2D eigenvalue weighted by atomic mass is 35.5. The molecular formula is C26H22ClN3O2S2. The van der Waals surface area contributed by atoms with Crippen LogP contribution >= 0.6 is 34.3 Å². The van der Waals surface area contributed by atoms with Gasteiger partial charge < -0.3 is 10.2 Å². The van der Waals surface area contributed by atoms with Crippen LogP contribution < -0.4 is 10.2 Å². The van der Waals surface area contributed by atoms with Gasteiger partial charge in [-0.1, -0.05) is 29.8 Å².